The minimum Gasteiger partial charge on any atom is -0.303 e. The molecule has 2 aliphatic rings. The summed E-state index contributed by atoms with van der Waals surface area (Å²) in [7, 11) is 0. The molecule has 0 spiro atoms. The van der Waals surface area contributed by atoms with Crippen molar-refractivity contribution in [3.63, 3.8) is 0 Å². The maximum atomic E-state index is 2.77. The third-order valence-corrected chi connectivity index (χ3v) is 6.49. The fourth-order valence-electron chi connectivity index (χ4n) is 5.00. The second kappa shape index (κ2) is 10.8. The molecule has 2 fully saturated rings. The Hall–Kier alpha value is -0.0800. The summed E-state index contributed by atoms with van der Waals surface area (Å²) in [4.78, 5) is 5.47. The molecule has 2 heterocycles. The quantitative estimate of drug-likeness (QED) is 0.565. The zero-order chi connectivity index (χ0) is 17.4. The Bertz CT molecular complexity index is 312. The Kier molecular flexibility index (Phi) is 9.11. The van der Waals surface area contributed by atoms with Gasteiger partial charge < -0.3 is 9.80 Å². The van der Waals surface area contributed by atoms with Crippen LogP contribution in [-0.2, 0) is 0 Å². The number of nitrogens with zero attached hydrogens (tertiary/aromatic N) is 2. The second-order valence-electron chi connectivity index (χ2n) is 9.18. The van der Waals surface area contributed by atoms with Crippen LogP contribution in [0.4, 0.5) is 0 Å². The third-order valence-electron chi connectivity index (χ3n) is 6.49. The van der Waals surface area contributed by atoms with Crippen LogP contribution < -0.4 is 0 Å². The maximum absolute atomic E-state index is 2.77. The van der Waals surface area contributed by atoms with E-state index in [-0.39, 0.29) is 0 Å². The van der Waals surface area contributed by atoms with Crippen molar-refractivity contribution in [2.75, 3.05) is 39.3 Å². The minimum absolute atomic E-state index is 0.825. The lowest BCUT2D eigenvalue weighted by molar-refractivity contribution is 0.117. The SMILES string of the molecule is CCCC(CC)CN1CCC(CC2CCN(CC(C)C)CC2)CC1. The van der Waals surface area contributed by atoms with Crippen molar-refractivity contribution in [2.45, 2.75) is 79.1 Å². The van der Waals surface area contributed by atoms with E-state index in [1.54, 1.807) is 0 Å². The zero-order valence-electron chi connectivity index (χ0n) is 17.1. The van der Waals surface area contributed by atoms with Crippen molar-refractivity contribution >= 4 is 0 Å². The molecule has 0 aromatic heterocycles. The van der Waals surface area contributed by atoms with Gasteiger partial charge in [-0.3, -0.25) is 0 Å². The molecule has 142 valence electrons. The van der Waals surface area contributed by atoms with Gasteiger partial charge in [0.1, 0.15) is 0 Å². The molecule has 1 atom stereocenters. The van der Waals surface area contributed by atoms with Crippen molar-refractivity contribution in [3.8, 4) is 0 Å². The normalized spacial score (nSPS) is 23.9. The highest BCUT2D eigenvalue weighted by Gasteiger charge is 2.26. The van der Waals surface area contributed by atoms with Gasteiger partial charge in [-0.2, -0.15) is 0 Å². The molecule has 0 radical (unpaired) electrons. The molecule has 0 aliphatic carbocycles. The summed E-state index contributed by atoms with van der Waals surface area (Å²) in [6.07, 6.45) is 11.5. The number of hydrogen-bond donors (Lipinski definition) is 0. The Morgan fingerprint density at radius 1 is 0.792 bits per heavy atom. The maximum Gasteiger partial charge on any atom is 0.000956 e. The van der Waals surface area contributed by atoms with Gasteiger partial charge in [0, 0.05) is 13.1 Å². The predicted octanol–water partition coefficient (Wildman–Crippen LogP) is 5.28. The van der Waals surface area contributed by atoms with E-state index in [1.807, 2.05) is 0 Å². The summed E-state index contributed by atoms with van der Waals surface area (Å²) in [6, 6.07) is 0. The first-order valence-corrected chi connectivity index (χ1v) is 11.0. The lowest BCUT2D eigenvalue weighted by Gasteiger charge is -2.38. The monoisotopic (exact) mass is 336 g/mol. The first kappa shape index (κ1) is 20.2. The summed E-state index contributed by atoms with van der Waals surface area (Å²) in [5.41, 5.74) is 0. The van der Waals surface area contributed by atoms with E-state index in [9.17, 15) is 0 Å². The Balaban J connectivity index is 1.61. The van der Waals surface area contributed by atoms with Crippen LogP contribution in [0.25, 0.3) is 0 Å². The zero-order valence-corrected chi connectivity index (χ0v) is 17.1. The lowest BCUT2D eigenvalue weighted by atomic mass is 9.82. The molecular weight excluding hydrogens is 292 g/mol. The van der Waals surface area contributed by atoms with Crippen molar-refractivity contribution < 1.29 is 0 Å². The van der Waals surface area contributed by atoms with Crippen LogP contribution in [0.2, 0.25) is 0 Å². The molecule has 0 aromatic rings. The van der Waals surface area contributed by atoms with E-state index in [4.69, 9.17) is 0 Å². The van der Waals surface area contributed by atoms with Crippen LogP contribution in [0.15, 0.2) is 0 Å². The Labute approximate surface area is 152 Å². The molecule has 2 rings (SSSR count). The van der Waals surface area contributed by atoms with Crippen molar-refractivity contribution in [1.82, 2.24) is 9.80 Å². The van der Waals surface area contributed by atoms with E-state index < -0.39 is 0 Å². The summed E-state index contributed by atoms with van der Waals surface area (Å²) in [5, 5.41) is 0. The smallest absolute Gasteiger partial charge is 0.000956 e. The highest BCUT2D eigenvalue weighted by atomic mass is 15.1. The predicted molar refractivity (Wildman–Crippen MR) is 106 cm³/mol. The van der Waals surface area contributed by atoms with Gasteiger partial charge in [0.05, 0.1) is 0 Å². The van der Waals surface area contributed by atoms with Crippen LogP contribution in [0.3, 0.4) is 0 Å². The fraction of sp³-hybridized carbons (Fsp3) is 1.00. The molecule has 1 unspecified atom stereocenters. The third kappa shape index (κ3) is 7.04. The summed E-state index contributed by atoms with van der Waals surface area (Å²) >= 11 is 0. The van der Waals surface area contributed by atoms with Crippen molar-refractivity contribution in [1.29, 1.82) is 0 Å². The number of hydrogen-bond acceptors (Lipinski definition) is 2. The first-order valence-electron chi connectivity index (χ1n) is 11.0. The molecule has 24 heavy (non-hydrogen) atoms. The van der Waals surface area contributed by atoms with Gasteiger partial charge in [-0.05, 0) is 88.4 Å². The number of piperidine rings is 2. The topological polar surface area (TPSA) is 6.48 Å². The molecule has 0 N–H and O–H groups in total. The molecule has 0 aromatic carbocycles. The first-order chi connectivity index (χ1) is 11.6. The van der Waals surface area contributed by atoms with E-state index in [2.05, 4.69) is 37.5 Å². The van der Waals surface area contributed by atoms with Crippen molar-refractivity contribution in [2.24, 2.45) is 23.7 Å². The largest absolute Gasteiger partial charge is 0.303 e. The van der Waals surface area contributed by atoms with Gasteiger partial charge in [0.2, 0.25) is 0 Å². The summed E-state index contributed by atoms with van der Waals surface area (Å²) < 4.78 is 0. The van der Waals surface area contributed by atoms with Gasteiger partial charge in [-0.15, -0.1) is 0 Å². The van der Waals surface area contributed by atoms with E-state index in [1.165, 1.54) is 90.6 Å². The van der Waals surface area contributed by atoms with Gasteiger partial charge in [-0.1, -0.05) is 40.5 Å². The molecule has 2 aliphatic heterocycles. The van der Waals surface area contributed by atoms with E-state index >= 15 is 0 Å². The van der Waals surface area contributed by atoms with Gasteiger partial charge in [-0.25, -0.2) is 0 Å². The standard InChI is InChI=1S/C22H44N2/c1-5-7-20(6-2)18-24-14-10-22(11-15-24)16-21-8-12-23(13-9-21)17-19(3)4/h19-22H,5-18H2,1-4H3. The summed E-state index contributed by atoms with van der Waals surface area (Å²) in [6.45, 7) is 17.5. The second-order valence-corrected chi connectivity index (χ2v) is 9.18. The van der Waals surface area contributed by atoms with Gasteiger partial charge >= 0.3 is 0 Å². The molecular formula is C22H44N2. The Morgan fingerprint density at radius 2 is 1.29 bits per heavy atom. The van der Waals surface area contributed by atoms with Crippen LogP contribution >= 0.6 is 0 Å². The fourth-order valence-corrected chi connectivity index (χ4v) is 5.00. The average molecular weight is 337 g/mol. The number of likely N-dealkylation sites (tertiary alicyclic amines) is 2. The highest BCUT2D eigenvalue weighted by molar-refractivity contribution is 4.79. The molecule has 0 bridgehead atoms. The van der Waals surface area contributed by atoms with Crippen LogP contribution in [-0.4, -0.2) is 49.1 Å². The minimum atomic E-state index is 0.825. The van der Waals surface area contributed by atoms with Gasteiger partial charge in [0.25, 0.3) is 0 Å². The van der Waals surface area contributed by atoms with E-state index in [0.717, 1.165) is 23.7 Å². The summed E-state index contributed by atoms with van der Waals surface area (Å²) in [5.74, 6) is 3.81. The molecule has 0 saturated carbocycles. The number of rotatable bonds is 9. The Morgan fingerprint density at radius 3 is 1.71 bits per heavy atom. The highest BCUT2D eigenvalue weighted by Crippen LogP contribution is 2.30. The lowest BCUT2D eigenvalue weighted by Crippen LogP contribution is -2.39. The van der Waals surface area contributed by atoms with Crippen molar-refractivity contribution in [3.05, 3.63) is 0 Å². The molecule has 2 heteroatoms. The van der Waals surface area contributed by atoms with Crippen LogP contribution in [0, 0.1) is 23.7 Å². The molecule has 2 nitrogen and oxygen atoms in total. The molecule has 2 saturated heterocycles. The van der Waals surface area contributed by atoms with Crippen LogP contribution in [0.1, 0.15) is 79.1 Å². The average Bonchev–Trinajstić information content (AvgIpc) is 2.57. The van der Waals surface area contributed by atoms with Gasteiger partial charge in [0.15, 0.2) is 0 Å². The van der Waals surface area contributed by atoms with E-state index in [0.29, 0.717) is 0 Å². The molecule has 0 amide bonds. The van der Waals surface area contributed by atoms with Crippen LogP contribution in [0.5, 0.6) is 0 Å².